The van der Waals surface area contributed by atoms with E-state index in [0.717, 1.165) is 18.2 Å². The van der Waals surface area contributed by atoms with Crippen LogP contribution in [0.2, 0.25) is 0 Å². The minimum Gasteiger partial charge on any atom is -0.508 e. The zero-order valence-electron chi connectivity index (χ0n) is 11.3. The van der Waals surface area contributed by atoms with E-state index in [-0.39, 0.29) is 29.2 Å². The molecule has 0 fully saturated rings. The van der Waals surface area contributed by atoms with Crippen LogP contribution in [-0.4, -0.2) is 36.7 Å². The predicted molar refractivity (Wildman–Crippen MR) is 74.3 cm³/mol. The summed E-state index contributed by atoms with van der Waals surface area (Å²) in [4.78, 5) is 0. The second kappa shape index (κ2) is 4.88. The molecule has 0 radical (unpaired) electrons. The van der Waals surface area contributed by atoms with E-state index in [1.807, 2.05) is 0 Å². The van der Waals surface area contributed by atoms with Gasteiger partial charge in [-0.25, -0.2) is 0 Å². The van der Waals surface area contributed by atoms with Gasteiger partial charge in [0.15, 0.2) is 23.4 Å². The van der Waals surface area contributed by atoms with Crippen LogP contribution in [-0.2, 0) is 6.42 Å². The van der Waals surface area contributed by atoms with E-state index in [1.165, 1.54) is 6.07 Å². The Balaban J connectivity index is 2.03. The fourth-order valence-electron chi connectivity index (χ4n) is 2.54. The van der Waals surface area contributed by atoms with Gasteiger partial charge in [0.25, 0.3) is 0 Å². The van der Waals surface area contributed by atoms with Crippen LogP contribution in [0.25, 0.3) is 0 Å². The van der Waals surface area contributed by atoms with Gasteiger partial charge in [-0.2, -0.15) is 0 Å². The number of aromatic hydroxyl groups is 5. The van der Waals surface area contributed by atoms with Crippen molar-refractivity contribution in [2.45, 2.75) is 18.6 Å². The lowest BCUT2D eigenvalue weighted by Crippen LogP contribution is -2.30. The summed E-state index contributed by atoms with van der Waals surface area (Å²) in [5.74, 6) is -1.94. The first-order valence-electron chi connectivity index (χ1n) is 6.51. The summed E-state index contributed by atoms with van der Waals surface area (Å²) in [7, 11) is 0. The van der Waals surface area contributed by atoms with E-state index >= 15 is 0 Å². The molecule has 7 heteroatoms. The van der Waals surface area contributed by atoms with Crippen LogP contribution >= 0.6 is 0 Å². The molecule has 7 nitrogen and oxygen atoms in total. The van der Waals surface area contributed by atoms with Crippen LogP contribution in [0, 0.1) is 0 Å². The lowest BCUT2D eigenvalue weighted by Gasteiger charge is -2.31. The Hall–Kier alpha value is -2.80. The van der Waals surface area contributed by atoms with Gasteiger partial charge in [0, 0.05) is 29.7 Å². The number of aliphatic hydroxyl groups is 1. The van der Waals surface area contributed by atoms with Crippen LogP contribution < -0.4 is 4.74 Å². The summed E-state index contributed by atoms with van der Waals surface area (Å²) in [5, 5.41) is 57.9. The van der Waals surface area contributed by atoms with Gasteiger partial charge in [-0.05, 0) is 12.1 Å². The quantitative estimate of drug-likeness (QED) is 0.345. The first kappa shape index (κ1) is 14.2. The van der Waals surface area contributed by atoms with Crippen molar-refractivity contribution in [3.63, 3.8) is 0 Å². The first-order valence-corrected chi connectivity index (χ1v) is 6.51. The van der Waals surface area contributed by atoms with Gasteiger partial charge < -0.3 is 35.4 Å². The summed E-state index contributed by atoms with van der Waals surface area (Å²) < 4.78 is 5.57. The molecule has 0 aromatic heterocycles. The standard InChI is InChI=1S/C15H14O7/c16-7-3-9(17)8-5-12(20)15(22-13(8)4-7)6-1-10(18)14(21)11(19)2-6/h1-4,12,15-21H,5H2/t12-,15-/m1/s1/i5+1,12+1,15+1. The number of aliphatic hydroxyl groups excluding tert-OH is 1. The Morgan fingerprint density at radius 2 is 1.50 bits per heavy atom. The fraction of sp³-hybridized carbons (Fsp3) is 0.200. The fourth-order valence-corrected chi connectivity index (χ4v) is 2.54. The second-order valence-electron chi connectivity index (χ2n) is 5.16. The highest BCUT2D eigenvalue weighted by molar-refractivity contribution is 5.54. The Kier molecular flexibility index (Phi) is 3.14. The number of ether oxygens (including phenoxy) is 1. The molecule has 0 saturated heterocycles. The molecule has 6 N–H and O–H groups in total. The highest BCUT2D eigenvalue weighted by atomic mass is 16.6. The zero-order chi connectivity index (χ0) is 16.0. The molecule has 0 saturated carbocycles. The lowest BCUT2D eigenvalue weighted by atomic mass is 10.2. The smallest absolute Gasteiger partial charge is 0.200 e. The zero-order valence-corrected chi connectivity index (χ0v) is 11.3. The number of fused-ring (bicyclic) bond motifs is 1. The Labute approximate surface area is 124 Å². The van der Waals surface area contributed by atoms with Gasteiger partial charge in [0.2, 0.25) is 0 Å². The maximum atomic E-state index is 10.2. The highest BCUT2D eigenvalue weighted by Crippen LogP contribution is 2.44. The largest absolute Gasteiger partial charge is 0.508 e. The van der Waals surface area contributed by atoms with Crippen molar-refractivity contribution in [2.24, 2.45) is 0 Å². The van der Waals surface area contributed by atoms with Gasteiger partial charge in [-0.15, -0.1) is 0 Å². The number of hydrogen-bond acceptors (Lipinski definition) is 7. The molecule has 116 valence electrons. The SMILES string of the molecule is Oc1cc(O)c2c(c1)O[13C@H](c1cc(O)c(O)c(O)c1)[13C@H](O)[13CH2]2. The van der Waals surface area contributed by atoms with Crippen molar-refractivity contribution < 1.29 is 35.4 Å². The van der Waals surface area contributed by atoms with Crippen molar-refractivity contribution in [1.29, 1.82) is 0 Å². The maximum absolute atomic E-state index is 10.2. The van der Waals surface area contributed by atoms with Gasteiger partial charge in [-0.3, -0.25) is 0 Å². The van der Waals surface area contributed by atoms with Crippen molar-refractivity contribution in [1.82, 2.24) is 0 Å². The number of rotatable bonds is 1. The highest BCUT2D eigenvalue weighted by Gasteiger charge is 2.33. The molecule has 1 aliphatic heterocycles. The van der Waals surface area contributed by atoms with Crippen LogP contribution in [0.3, 0.4) is 0 Å². The lowest BCUT2D eigenvalue weighted by molar-refractivity contribution is 0.0196. The van der Waals surface area contributed by atoms with E-state index in [1.54, 1.807) is 0 Å². The third-order valence-corrected chi connectivity index (χ3v) is 3.61. The molecule has 3 rings (SSSR count). The maximum Gasteiger partial charge on any atom is 0.200 e. The van der Waals surface area contributed by atoms with E-state index < -0.39 is 29.5 Å². The molecular formula is C15H14O7. The monoisotopic (exact) mass is 309 g/mol. The molecule has 2 aromatic carbocycles. The van der Waals surface area contributed by atoms with Gasteiger partial charge in [0.05, 0.1) is 6.10 Å². The average Bonchev–Trinajstić information content (AvgIpc) is 2.44. The predicted octanol–water partition coefficient (Wildman–Crippen LogP) is 1.25. The van der Waals surface area contributed by atoms with Crippen LogP contribution in [0.4, 0.5) is 0 Å². The first-order chi connectivity index (χ1) is 10.4. The average molecular weight is 309 g/mol. The molecule has 0 bridgehead atoms. The molecule has 2 atom stereocenters. The van der Waals surface area contributed by atoms with Crippen molar-refractivity contribution >= 4 is 0 Å². The molecular weight excluding hydrogens is 295 g/mol. The van der Waals surface area contributed by atoms with Crippen LogP contribution in [0.15, 0.2) is 24.3 Å². The van der Waals surface area contributed by atoms with Crippen LogP contribution in [0.5, 0.6) is 34.5 Å². The molecule has 1 heterocycles. The van der Waals surface area contributed by atoms with Gasteiger partial charge in [0.1, 0.15) is 17.2 Å². The minimum absolute atomic E-state index is 0.0640. The number of phenols is 5. The van der Waals surface area contributed by atoms with Crippen molar-refractivity contribution in [3.05, 3.63) is 35.4 Å². The summed E-state index contributed by atoms with van der Waals surface area (Å²) in [6.45, 7) is 0. The molecule has 1 aliphatic rings. The Bertz CT molecular complexity index is 718. The van der Waals surface area contributed by atoms with E-state index in [0.29, 0.717) is 5.56 Å². The summed E-state index contributed by atoms with van der Waals surface area (Å²) in [6.07, 6.45) is -1.92. The minimum atomic E-state index is -1.05. The summed E-state index contributed by atoms with van der Waals surface area (Å²) in [6, 6.07) is 4.77. The number of hydrogen-bond donors (Lipinski definition) is 6. The number of benzene rings is 2. The van der Waals surface area contributed by atoms with Gasteiger partial charge in [-0.1, -0.05) is 0 Å². The third kappa shape index (κ3) is 2.21. The van der Waals surface area contributed by atoms with E-state index in [4.69, 9.17) is 4.74 Å². The molecule has 2 aromatic rings. The third-order valence-electron chi connectivity index (χ3n) is 3.61. The molecule has 0 amide bonds. The van der Waals surface area contributed by atoms with E-state index in [2.05, 4.69) is 0 Å². The molecule has 0 aliphatic carbocycles. The van der Waals surface area contributed by atoms with Crippen molar-refractivity contribution in [3.8, 4) is 34.5 Å². The number of phenolic OH excluding ortho intramolecular Hbond substituents is 5. The Morgan fingerprint density at radius 1 is 0.864 bits per heavy atom. The molecule has 22 heavy (non-hydrogen) atoms. The van der Waals surface area contributed by atoms with Crippen LogP contribution in [0.1, 0.15) is 17.2 Å². The second-order valence-corrected chi connectivity index (χ2v) is 5.16. The van der Waals surface area contributed by atoms with E-state index in [9.17, 15) is 30.6 Å². The normalized spacial score (nSPS) is 20.2. The topological polar surface area (TPSA) is 131 Å². The summed E-state index contributed by atoms with van der Waals surface area (Å²) in [5.41, 5.74) is 0.600. The van der Waals surface area contributed by atoms with Gasteiger partial charge >= 0.3 is 0 Å². The summed E-state index contributed by atoms with van der Waals surface area (Å²) >= 11 is 0. The molecule has 0 unspecified atom stereocenters. The van der Waals surface area contributed by atoms with Crippen molar-refractivity contribution in [2.75, 3.05) is 0 Å². The Morgan fingerprint density at radius 3 is 2.14 bits per heavy atom. The molecule has 0 spiro atoms.